The van der Waals surface area contributed by atoms with Gasteiger partial charge in [-0.25, -0.2) is 4.57 Å². The standard InChI is InChI=1S/C15H12Cl2NO2P/c16-13-8-6-12(7-9-13)15-10-11-18(21(17,19)20-15)14-4-2-1-3-5-14/h1-11,15H. The fourth-order valence-corrected chi connectivity index (χ4v) is 4.11. The normalized spacial score (nSPS) is 25.0. The summed E-state index contributed by atoms with van der Waals surface area (Å²) in [5.74, 6) is 0. The summed E-state index contributed by atoms with van der Waals surface area (Å²) in [6.45, 7) is -3.47. The molecule has 0 spiro atoms. The molecule has 2 aromatic carbocycles. The van der Waals surface area contributed by atoms with E-state index < -0.39 is 13.0 Å². The number of hydrogen-bond donors (Lipinski definition) is 0. The number of anilines is 1. The maximum absolute atomic E-state index is 12.6. The number of halogens is 2. The summed E-state index contributed by atoms with van der Waals surface area (Å²) < 4.78 is 19.7. The van der Waals surface area contributed by atoms with E-state index >= 15 is 0 Å². The molecule has 21 heavy (non-hydrogen) atoms. The third kappa shape index (κ3) is 3.17. The van der Waals surface area contributed by atoms with Crippen molar-refractivity contribution in [3.8, 4) is 0 Å². The summed E-state index contributed by atoms with van der Waals surface area (Å²) in [5.41, 5.74) is 1.57. The maximum atomic E-state index is 12.6. The van der Waals surface area contributed by atoms with Gasteiger partial charge in [0, 0.05) is 11.2 Å². The Hall–Kier alpha value is -1.25. The summed E-state index contributed by atoms with van der Waals surface area (Å²) in [4.78, 5) is 0. The van der Waals surface area contributed by atoms with Crippen LogP contribution < -0.4 is 4.67 Å². The van der Waals surface area contributed by atoms with Crippen LogP contribution in [-0.2, 0) is 9.09 Å². The fourth-order valence-electron chi connectivity index (χ4n) is 2.09. The molecule has 1 aliphatic heterocycles. The molecule has 0 aromatic heterocycles. The van der Waals surface area contributed by atoms with Crippen molar-refractivity contribution in [2.75, 3.05) is 4.67 Å². The van der Waals surface area contributed by atoms with Crippen molar-refractivity contribution in [3.05, 3.63) is 77.5 Å². The van der Waals surface area contributed by atoms with E-state index in [1.807, 2.05) is 48.5 Å². The average molecular weight is 340 g/mol. The molecular weight excluding hydrogens is 328 g/mol. The molecule has 0 saturated carbocycles. The Morgan fingerprint density at radius 3 is 2.33 bits per heavy atom. The van der Waals surface area contributed by atoms with E-state index in [9.17, 15) is 4.57 Å². The van der Waals surface area contributed by atoms with Gasteiger partial charge in [-0.05, 0) is 47.1 Å². The molecule has 6 heteroatoms. The van der Waals surface area contributed by atoms with E-state index in [0.29, 0.717) is 5.02 Å². The SMILES string of the molecule is O=P1(Cl)OC(c2ccc(Cl)cc2)C=CN1c1ccccc1. The largest absolute Gasteiger partial charge is 0.392 e. The van der Waals surface area contributed by atoms with Crippen LogP contribution >= 0.6 is 29.7 Å². The third-order valence-corrected chi connectivity index (χ3v) is 5.47. The van der Waals surface area contributed by atoms with Crippen LogP contribution in [0.15, 0.2) is 66.9 Å². The van der Waals surface area contributed by atoms with E-state index in [0.717, 1.165) is 11.3 Å². The zero-order valence-corrected chi connectivity index (χ0v) is 13.3. The molecule has 0 fully saturated rings. The summed E-state index contributed by atoms with van der Waals surface area (Å²) in [6, 6.07) is 16.4. The van der Waals surface area contributed by atoms with E-state index in [4.69, 9.17) is 27.4 Å². The molecule has 2 atom stereocenters. The van der Waals surface area contributed by atoms with Crippen LogP contribution in [0, 0.1) is 0 Å². The van der Waals surface area contributed by atoms with Gasteiger partial charge in [0.05, 0.1) is 5.69 Å². The van der Waals surface area contributed by atoms with E-state index in [1.54, 1.807) is 18.3 Å². The minimum absolute atomic E-state index is 0.453. The van der Waals surface area contributed by atoms with E-state index in [1.165, 1.54) is 4.67 Å². The Morgan fingerprint density at radius 1 is 1.05 bits per heavy atom. The van der Waals surface area contributed by atoms with Crippen LogP contribution in [0.3, 0.4) is 0 Å². The zero-order valence-electron chi connectivity index (χ0n) is 10.9. The number of nitrogens with zero attached hydrogens (tertiary/aromatic N) is 1. The fraction of sp³-hybridized carbons (Fsp3) is 0.0667. The van der Waals surface area contributed by atoms with E-state index in [-0.39, 0.29) is 0 Å². The summed E-state index contributed by atoms with van der Waals surface area (Å²) in [5, 5.41) is 0.638. The highest BCUT2D eigenvalue weighted by Gasteiger charge is 2.35. The van der Waals surface area contributed by atoms with Gasteiger partial charge in [-0.1, -0.05) is 41.9 Å². The number of benzene rings is 2. The minimum Gasteiger partial charge on any atom is -0.289 e. The Bertz CT molecular complexity index is 703. The summed E-state index contributed by atoms with van der Waals surface area (Å²) in [6.07, 6.45) is 3.06. The van der Waals surface area contributed by atoms with Crippen LogP contribution in [0.25, 0.3) is 0 Å². The Balaban J connectivity index is 1.91. The van der Waals surface area contributed by atoms with Crippen molar-refractivity contribution in [1.29, 1.82) is 0 Å². The Labute approximate surface area is 133 Å². The first-order chi connectivity index (χ1) is 10.1. The Morgan fingerprint density at radius 2 is 1.71 bits per heavy atom. The predicted molar refractivity (Wildman–Crippen MR) is 86.8 cm³/mol. The van der Waals surface area contributed by atoms with Crippen molar-refractivity contribution in [2.24, 2.45) is 0 Å². The molecule has 0 aliphatic carbocycles. The molecule has 2 unspecified atom stereocenters. The number of para-hydroxylation sites is 1. The van der Waals surface area contributed by atoms with Gasteiger partial charge in [-0.15, -0.1) is 0 Å². The first-order valence-electron chi connectivity index (χ1n) is 6.33. The van der Waals surface area contributed by atoms with Crippen LogP contribution in [0.4, 0.5) is 5.69 Å². The van der Waals surface area contributed by atoms with Crippen molar-refractivity contribution in [1.82, 2.24) is 0 Å². The maximum Gasteiger partial charge on any atom is 0.392 e. The van der Waals surface area contributed by atoms with Crippen LogP contribution in [0.2, 0.25) is 5.02 Å². The molecule has 0 saturated heterocycles. The summed E-state index contributed by atoms with van der Waals surface area (Å²) >= 11 is 12.0. The predicted octanol–water partition coefficient (Wildman–Crippen LogP) is 5.78. The van der Waals surface area contributed by atoms with Crippen LogP contribution in [-0.4, -0.2) is 0 Å². The second-order valence-corrected chi connectivity index (χ2v) is 7.81. The molecule has 0 N–H and O–H groups in total. The highest BCUT2D eigenvalue weighted by molar-refractivity contribution is 7.86. The van der Waals surface area contributed by atoms with Crippen molar-refractivity contribution in [3.63, 3.8) is 0 Å². The first kappa shape index (κ1) is 14.7. The zero-order chi connectivity index (χ0) is 14.9. The molecule has 0 bridgehead atoms. The van der Waals surface area contributed by atoms with Crippen molar-refractivity contribution >= 4 is 35.4 Å². The smallest absolute Gasteiger partial charge is 0.289 e. The molecule has 0 amide bonds. The molecule has 0 radical (unpaired) electrons. The van der Waals surface area contributed by atoms with E-state index in [2.05, 4.69) is 0 Å². The molecule has 2 aromatic rings. The first-order valence-corrected chi connectivity index (χ1v) is 9.19. The van der Waals surface area contributed by atoms with Crippen molar-refractivity contribution in [2.45, 2.75) is 6.10 Å². The lowest BCUT2D eigenvalue weighted by Crippen LogP contribution is -2.17. The summed E-state index contributed by atoms with van der Waals surface area (Å²) in [7, 11) is 0. The molecule has 3 rings (SSSR count). The van der Waals surface area contributed by atoms with Crippen molar-refractivity contribution < 1.29 is 9.09 Å². The van der Waals surface area contributed by atoms with Gasteiger partial charge in [-0.2, -0.15) is 0 Å². The third-order valence-electron chi connectivity index (χ3n) is 3.12. The van der Waals surface area contributed by atoms with Gasteiger partial charge in [-0.3, -0.25) is 9.19 Å². The van der Waals surface area contributed by atoms with Gasteiger partial charge in [0.2, 0.25) is 0 Å². The second-order valence-electron chi connectivity index (χ2n) is 4.55. The lowest BCUT2D eigenvalue weighted by Gasteiger charge is -2.32. The topological polar surface area (TPSA) is 29.5 Å². The highest BCUT2D eigenvalue weighted by atomic mass is 35.7. The monoisotopic (exact) mass is 339 g/mol. The quantitative estimate of drug-likeness (QED) is 0.649. The lowest BCUT2D eigenvalue weighted by molar-refractivity contribution is 0.259. The Kier molecular flexibility index (Phi) is 4.10. The van der Waals surface area contributed by atoms with Gasteiger partial charge in [0.25, 0.3) is 0 Å². The molecular formula is C15H12Cl2NO2P. The van der Waals surface area contributed by atoms with Gasteiger partial charge >= 0.3 is 6.87 Å². The molecule has 3 nitrogen and oxygen atoms in total. The average Bonchev–Trinajstić information content (AvgIpc) is 2.48. The van der Waals surface area contributed by atoms with Crippen LogP contribution in [0.5, 0.6) is 0 Å². The number of hydrogen-bond acceptors (Lipinski definition) is 2. The van der Waals surface area contributed by atoms with Crippen LogP contribution in [0.1, 0.15) is 11.7 Å². The highest BCUT2D eigenvalue weighted by Crippen LogP contribution is 2.62. The second kappa shape index (κ2) is 5.86. The number of rotatable bonds is 2. The molecule has 1 heterocycles. The minimum atomic E-state index is -3.47. The van der Waals surface area contributed by atoms with Gasteiger partial charge < -0.3 is 0 Å². The van der Waals surface area contributed by atoms with Gasteiger partial charge in [0.15, 0.2) is 0 Å². The van der Waals surface area contributed by atoms with Gasteiger partial charge in [0.1, 0.15) is 6.10 Å². The molecule has 108 valence electrons. The lowest BCUT2D eigenvalue weighted by atomic mass is 10.1. The molecule has 1 aliphatic rings.